The van der Waals surface area contributed by atoms with Crippen LogP contribution in [0.4, 0.5) is 13.2 Å². The molecule has 7 heteroatoms. The Morgan fingerprint density at radius 2 is 2.13 bits per heavy atom. The fourth-order valence-corrected chi connectivity index (χ4v) is 1.42. The zero-order valence-electron chi connectivity index (χ0n) is 7.75. The number of rotatable bonds is 3. The molecule has 0 saturated carbocycles. The maximum absolute atomic E-state index is 11.8. The Bertz CT molecular complexity index is 277. The van der Waals surface area contributed by atoms with Crippen LogP contribution in [0.3, 0.4) is 0 Å². The van der Waals surface area contributed by atoms with Gasteiger partial charge in [0.05, 0.1) is 12.3 Å². The minimum Gasteiger partial charge on any atom is -0.481 e. The highest BCUT2D eigenvalue weighted by Gasteiger charge is 2.36. The zero-order chi connectivity index (χ0) is 11.6. The summed E-state index contributed by atoms with van der Waals surface area (Å²) in [6.07, 6.45) is -5.61. The van der Waals surface area contributed by atoms with Crippen molar-refractivity contribution in [1.82, 2.24) is 4.90 Å². The summed E-state index contributed by atoms with van der Waals surface area (Å²) in [5, 5.41) is 8.58. The topological polar surface area (TPSA) is 57.6 Å². The van der Waals surface area contributed by atoms with Crippen molar-refractivity contribution in [2.24, 2.45) is 5.92 Å². The SMILES string of the molecule is O=C(O)C1CC(=O)N(CCC(F)(F)F)C1. The molecular weight excluding hydrogens is 215 g/mol. The molecule has 0 aromatic rings. The highest BCUT2D eigenvalue weighted by molar-refractivity contribution is 5.86. The van der Waals surface area contributed by atoms with Gasteiger partial charge in [0.2, 0.25) is 5.91 Å². The second-order valence-electron chi connectivity index (χ2n) is 3.44. The van der Waals surface area contributed by atoms with Crippen molar-refractivity contribution >= 4 is 11.9 Å². The second kappa shape index (κ2) is 4.08. The normalized spacial score (nSPS) is 22.2. The quantitative estimate of drug-likeness (QED) is 0.775. The number of aliphatic carboxylic acids is 1. The first kappa shape index (κ1) is 11.8. The monoisotopic (exact) mass is 225 g/mol. The lowest BCUT2D eigenvalue weighted by Gasteiger charge is -2.16. The molecule has 86 valence electrons. The molecule has 0 bridgehead atoms. The molecule has 1 fully saturated rings. The highest BCUT2D eigenvalue weighted by Crippen LogP contribution is 2.23. The first-order valence-corrected chi connectivity index (χ1v) is 4.37. The van der Waals surface area contributed by atoms with Gasteiger partial charge < -0.3 is 10.0 Å². The van der Waals surface area contributed by atoms with E-state index in [1.807, 2.05) is 0 Å². The molecule has 0 aromatic heterocycles. The lowest BCUT2D eigenvalue weighted by Crippen LogP contribution is -2.30. The molecule has 15 heavy (non-hydrogen) atoms. The van der Waals surface area contributed by atoms with Crippen molar-refractivity contribution < 1.29 is 27.9 Å². The molecule has 4 nitrogen and oxygen atoms in total. The average molecular weight is 225 g/mol. The van der Waals surface area contributed by atoms with Gasteiger partial charge in [-0.15, -0.1) is 0 Å². The van der Waals surface area contributed by atoms with Crippen LogP contribution in [0.1, 0.15) is 12.8 Å². The summed E-state index contributed by atoms with van der Waals surface area (Å²) in [5.41, 5.74) is 0. The Balaban J connectivity index is 2.45. The molecule has 0 aromatic carbocycles. The molecule has 1 aliphatic heterocycles. The van der Waals surface area contributed by atoms with E-state index in [2.05, 4.69) is 0 Å². The number of carbonyl (C=O) groups is 2. The molecule has 0 spiro atoms. The van der Waals surface area contributed by atoms with Crippen molar-refractivity contribution in [3.63, 3.8) is 0 Å². The Morgan fingerprint density at radius 1 is 1.53 bits per heavy atom. The molecular formula is C8H10F3NO3. The first-order chi connectivity index (χ1) is 6.79. The van der Waals surface area contributed by atoms with Crippen LogP contribution in [0.2, 0.25) is 0 Å². The summed E-state index contributed by atoms with van der Waals surface area (Å²) >= 11 is 0. The van der Waals surface area contributed by atoms with Crippen molar-refractivity contribution in [3.05, 3.63) is 0 Å². The number of nitrogens with zero attached hydrogens (tertiary/aromatic N) is 1. The van der Waals surface area contributed by atoms with Gasteiger partial charge in [-0.1, -0.05) is 0 Å². The molecule has 1 aliphatic rings. The summed E-state index contributed by atoms with van der Waals surface area (Å²) < 4.78 is 35.5. The van der Waals surface area contributed by atoms with E-state index in [-0.39, 0.29) is 13.0 Å². The minimum atomic E-state index is -4.32. The summed E-state index contributed by atoms with van der Waals surface area (Å²) in [4.78, 5) is 22.5. The number of likely N-dealkylation sites (tertiary alicyclic amines) is 1. The van der Waals surface area contributed by atoms with Gasteiger partial charge in [-0.25, -0.2) is 0 Å². The zero-order valence-corrected chi connectivity index (χ0v) is 7.75. The van der Waals surface area contributed by atoms with Crippen LogP contribution in [0.25, 0.3) is 0 Å². The number of halogens is 3. The molecule has 1 rings (SSSR count). The van der Waals surface area contributed by atoms with Crippen molar-refractivity contribution in [2.75, 3.05) is 13.1 Å². The summed E-state index contributed by atoms with van der Waals surface area (Å²) in [6, 6.07) is 0. The summed E-state index contributed by atoms with van der Waals surface area (Å²) in [6.45, 7) is -0.573. The largest absolute Gasteiger partial charge is 0.481 e. The van der Waals surface area contributed by atoms with Crippen molar-refractivity contribution in [1.29, 1.82) is 0 Å². The maximum Gasteiger partial charge on any atom is 0.390 e. The van der Waals surface area contributed by atoms with Gasteiger partial charge in [0.1, 0.15) is 0 Å². The average Bonchev–Trinajstić information content (AvgIpc) is 2.42. The highest BCUT2D eigenvalue weighted by atomic mass is 19.4. The number of carboxylic acid groups (broad SMARTS) is 1. The van der Waals surface area contributed by atoms with E-state index in [0.717, 1.165) is 4.90 Å². The third kappa shape index (κ3) is 3.41. The molecule has 0 radical (unpaired) electrons. The first-order valence-electron chi connectivity index (χ1n) is 4.37. The number of carboxylic acids is 1. The van der Waals surface area contributed by atoms with Gasteiger partial charge in [0, 0.05) is 19.5 Å². The molecule has 1 atom stereocenters. The molecule has 1 N–H and O–H groups in total. The van der Waals surface area contributed by atoms with Crippen LogP contribution in [0.5, 0.6) is 0 Å². The Labute approximate surface area is 83.7 Å². The summed E-state index contributed by atoms with van der Waals surface area (Å²) in [7, 11) is 0. The van der Waals surface area contributed by atoms with Crippen LogP contribution in [0.15, 0.2) is 0 Å². The van der Waals surface area contributed by atoms with E-state index < -0.39 is 36.9 Å². The Kier molecular flexibility index (Phi) is 3.21. The van der Waals surface area contributed by atoms with E-state index in [9.17, 15) is 22.8 Å². The predicted octanol–water partition coefficient (Wildman–Crippen LogP) is 0.872. The van der Waals surface area contributed by atoms with Crippen molar-refractivity contribution in [3.8, 4) is 0 Å². The van der Waals surface area contributed by atoms with Gasteiger partial charge in [0.25, 0.3) is 0 Å². The van der Waals surface area contributed by atoms with E-state index in [0.29, 0.717) is 0 Å². The van der Waals surface area contributed by atoms with Gasteiger partial charge in [-0.2, -0.15) is 13.2 Å². The lowest BCUT2D eigenvalue weighted by atomic mass is 10.1. The molecule has 1 saturated heterocycles. The molecule has 1 heterocycles. The minimum absolute atomic E-state index is 0.121. The molecule has 1 unspecified atom stereocenters. The number of amides is 1. The van der Waals surface area contributed by atoms with Gasteiger partial charge in [-0.05, 0) is 0 Å². The third-order valence-corrected chi connectivity index (χ3v) is 2.23. The number of carbonyl (C=O) groups excluding carboxylic acids is 1. The third-order valence-electron chi connectivity index (χ3n) is 2.23. The Hall–Kier alpha value is -1.27. The molecule has 1 amide bonds. The molecule has 0 aliphatic carbocycles. The van der Waals surface area contributed by atoms with Crippen LogP contribution < -0.4 is 0 Å². The van der Waals surface area contributed by atoms with Crippen LogP contribution in [-0.4, -0.2) is 41.1 Å². The fourth-order valence-electron chi connectivity index (χ4n) is 1.42. The smallest absolute Gasteiger partial charge is 0.390 e. The van der Waals surface area contributed by atoms with Crippen LogP contribution in [0, 0.1) is 5.92 Å². The lowest BCUT2D eigenvalue weighted by molar-refractivity contribution is -0.143. The number of hydrogen-bond acceptors (Lipinski definition) is 2. The van der Waals surface area contributed by atoms with E-state index in [1.54, 1.807) is 0 Å². The standard InChI is InChI=1S/C8H10F3NO3/c9-8(10,11)1-2-12-4-5(7(14)15)3-6(12)13/h5H,1-4H2,(H,14,15). The van der Waals surface area contributed by atoms with Crippen LogP contribution in [-0.2, 0) is 9.59 Å². The van der Waals surface area contributed by atoms with Gasteiger partial charge in [0.15, 0.2) is 0 Å². The fraction of sp³-hybridized carbons (Fsp3) is 0.750. The van der Waals surface area contributed by atoms with Gasteiger partial charge in [-0.3, -0.25) is 9.59 Å². The van der Waals surface area contributed by atoms with Crippen molar-refractivity contribution in [2.45, 2.75) is 19.0 Å². The number of hydrogen-bond donors (Lipinski definition) is 1. The predicted molar refractivity (Wildman–Crippen MR) is 43.0 cm³/mol. The van der Waals surface area contributed by atoms with E-state index in [4.69, 9.17) is 5.11 Å². The Morgan fingerprint density at radius 3 is 2.53 bits per heavy atom. The number of alkyl halides is 3. The summed E-state index contributed by atoms with van der Waals surface area (Å²) in [5.74, 6) is -2.53. The second-order valence-corrected chi connectivity index (χ2v) is 3.44. The van der Waals surface area contributed by atoms with E-state index >= 15 is 0 Å². The van der Waals surface area contributed by atoms with Crippen LogP contribution >= 0.6 is 0 Å². The van der Waals surface area contributed by atoms with Gasteiger partial charge >= 0.3 is 12.1 Å². The maximum atomic E-state index is 11.8. The van der Waals surface area contributed by atoms with E-state index in [1.165, 1.54) is 0 Å².